The predicted molar refractivity (Wildman–Crippen MR) is 114 cm³/mol. The van der Waals surface area contributed by atoms with Gasteiger partial charge in [0.1, 0.15) is 5.75 Å². The molecular formula is C22H24F2N2O4S. The third-order valence-corrected chi connectivity index (χ3v) is 6.56. The number of allylic oxidation sites excluding steroid dienone is 1. The minimum absolute atomic E-state index is 0.00827. The van der Waals surface area contributed by atoms with Crippen LogP contribution in [0.1, 0.15) is 29.5 Å². The van der Waals surface area contributed by atoms with E-state index in [9.17, 15) is 22.0 Å². The molecule has 1 aliphatic rings. The zero-order valence-electron chi connectivity index (χ0n) is 17.1. The summed E-state index contributed by atoms with van der Waals surface area (Å²) in [6, 6.07) is 14.0. The highest BCUT2D eigenvalue weighted by Gasteiger charge is 2.22. The number of halogens is 2. The lowest BCUT2D eigenvalue weighted by Crippen LogP contribution is -2.32. The zero-order chi connectivity index (χ0) is 22.4. The fourth-order valence-corrected chi connectivity index (χ4v) is 4.56. The van der Waals surface area contributed by atoms with Gasteiger partial charge in [0.2, 0.25) is 15.9 Å². The molecule has 0 unspecified atom stereocenters. The summed E-state index contributed by atoms with van der Waals surface area (Å²) < 4.78 is 56.8. The molecule has 0 heterocycles. The van der Waals surface area contributed by atoms with Crippen molar-refractivity contribution in [1.82, 2.24) is 9.62 Å². The Kier molecular flexibility index (Phi) is 7.40. The van der Waals surface area contributed by atoms with Crippen LogP contribution in [0.4, 0.5) is 8.78 Å². The summed E-state index contributed by atoms with van der Waals surface area (Å²) in [7, 11) is -2.07. The van der Waals surface area contributed by atoms with Gasteiger partial charge in [-0.05, 0) is 47.7 Å². The molecule has 6 nitrogen and oxygen atoms in total. The van der Waals surface area contributed by atoms with Crippen LogP contribution in [0.3, 0.4) is 0 Å². The first kappa shape index (κ1) is 22.9. The Hall–Kier alpha value is -2.78. The van der Waals surface area contributed by atoms with Gasteiger partial charge in [0.25, 0.3) is 0 Å². The van der Waals surface area contributed by atoms with Gasteiger partial charge in [0.05, 0.1) is 4.91 Å². The van der Waals surface area contributed by atoms with Gasteiger partial charge in [-0.2, -0.15) is 8.78 Å². The Morgan fingerprint density at radius 2 is 1.90 bits per heavy atom. The second-order valence-corrected chi connectivity index (χ2v) is 9.05. The molecule has 31 heavy (non-hydrogen) atoms. The van der Waals surface area contributed by atoms with Crippen LogP contribution in [0.25, 0.3) is 6.08 Å². The van der Waals surface area contributed by atoms with E-state index in [1.807, 2.05) is 30.3 Å². The summed E-state index contributed by atoms with van der Waals surface area (Å²) in [5.74, 6) is -0.120. The van der Waals surface area contributed by atoms with Gasteiger partial charge >= 0.3 is 6.61 Å². The molecule has 0 aromatic heterocycles. The van der Waals surface area contributed by atoms with Gasteiger partial charge in [-0.3, -0.25) is 4.79 Å². The van der Waals surface area contributed by atoms with Crippen LogP contribution in [0.5, 0.6) is 5.75 Å². The molecule has 0 saturated carbocycles. The first-order valence-electron chi connectivity index (χ1n) is 9.80. The molecule has 0 radical (unpaired) electrons. The lowest BCUT2D eigenvalue weighted by atomic mass is 9.97. The van der Waals surface area contributed by atoms with E-state index in [4.69, 9.17) is 0 Å². The Morgan fingerprint density at radius 3 is 2.61 bits per heavy atom. The number of fused-ring (bicyclic) bond motifs is 1. The Bertz CT molecular complexity index is 1060. The van der Waals surface area contributed by atoms with Crippen molar-refractivity contribution in [3.8, 4) is 5.75 Å². The molecule has 0 atom stereocenters. The largest absolute Gasteiger partial charge is 0.435 e. The van der Waals surface area contributed by atoms with Gasteiger partial charge in [-0.1, -0.05) is 36.4 Å². The number of ether oxygens (including phenoxy) is 1. The average Bonchev–Trinajstić information content (AvgIpc) is 2.73. The van der Waals surface area contributed by atoms with Crippen LogP contribution in [-0.4, -0.2) is 39.4 Å². The van der Waals surface area contributed by atoms with Crippen molar-refractivity contribution in [2.75, 3.05) is 13.6 Å². The molecule has 3 rings (SSSR count). The molecular weight excluding hydrogens is 426 g/mol. The quantitative estimate of drug-likeness (QED) is 0.634. The van der Waals surface area contributed by atoms with Crippen molar-refractivity contribution >= 4 is 22.0 Å². The normalized spacial score (nSPS) is 13.5. The number of hydrogen-bond donors (Lipinski definition) is 1. The number of amides is 1. The standard InChI is InChI=1S/C22H24F2N2O4S/c1-26(15-16-5-3-2-4-6-16)21(27)11-12-25-31(28,29)20-10-8-17-13-19(30-22(23)24)9-7-18(17)14-20/h2-7,9,13-14,22,25H,8,10-12,15H2,1H3. The van der Waals surface area contributed by atoms with Gasteiger partial charge in [0.15, 0.2) is 0 Å². The van der Waals surface area contributed by atoms with E-state index in [2.05, 4.69) is 9.46 Å². The maximum atomic E-state index is 12.6. The smallest absolute Gasteiger partial charge is 0.387 e. The summed E-state index contributed by atoms with van der Waals surface area (Å²) >= 11 is 0. The number of hydrogen-bond acceptors (Lipinski definition) is 4. The number of sulfonamides is 1. The first-order chi connectivity index (χ1) is 14.7. The van der Waals surface area contributed by atoms with Gasteiger partial charge in [0, 0.05) is 26.6 Å². The predicted octanol–water partition coefficient (Wildman–Crippen LogP) is 3.54. The number of aryl methyl sites for hydroxylation is 1. The lowest BCUT2D eigenvalue weighted by molar-refractivity contribution is -0.130. The molecule has 1 amide bonds. The van der Waals surface area contributed by atoms with Crippen LogP contribution < -0.4 is 9.46 Å². The number of carbonyl (C=O) groups is 1. The highest BCUT2D eigenvalue weighted by Crippen LogP contribution is 2.30. The molecule has 2 aromatic rings. The Morgan fingerprint density at radius 1 is 1.16 bits per heavy atom. The summed E-state index contributed by atoms with van der Waals surface area (Å²) in [6.45, 7) is -2.47. The van der Waals surface area contributed by atoms with E-state index < -0.39 is 16.6 Å². The summed E-state index contributed by atoms with van der Waals surface area (Å²) in [6.07, 6.45) is 2.20. The van der Waals surface area contributed by atoms with Crippen LogP contribution >= 0.6 is 0 Å². The van der Waals surface area contributed by atoms with E-state index in [1.54, 1.807) is 18.0 Å². The molecule has 9 heteroatoms. The third kappa shape index (κ3) is 6.35. The van der Waals surface area contributed by atoms with Crippen LogP contribution in [0, 0.1) is 0 Å². The SMILES string of the molecule is CN(Cc1ccccc1)C(=O)CCNS(=O)(=O)C1=Cc2ccc(OC(F)F)cc2CC1. The van der Waals surface area contributed by atoms with Crippen molar-refractivity contribution in [1.29, 1.82) is 0 Å². The van der Waals surface area contributed by atoms with E-state index in [0.717, 1.165) is 11.1 Å². The van der Waals surface area contributed by atoms with Crippen molar-refractivity contribution in [2.24, 2.45) is 0 Å². The summed E-state index contributed by atoms with van der Waals surface area (Å²) in [4.78, 5) is 14.0. The van der Waals surface area contributed by atoms with Gasteiger partial charge in [-0.15, -0.1) is 0 Å². The Labute approximate surface area is 180 Å². The molecule has 0 aliphatic heterocycles. The second kappa shape index (κ2) is 10.0. The zero-order valence-corrected chi connectivity index (χ0v) is 17.9. The highest BCUT2D eigenvalue weighted by molar-refractivity contribution is 7.93. The monoisotopic (exact) mass is 450 g/mol. The van der Waals surface area contributed by atoms with Gasteiger partial charge in [-0.25, -0.2) is 13.1 Å². The molecule has 166 valence electrons. The van der Waals surface area contributed by atoms with Crippen molar-refractivity contribution in [3.63, 3.8) is 0 Å². The van der Waals surface area contributed by atoms with Crippen LogP contribution in [-0.2, 0) is 27.8 Å². The average molecular weight is 451 g/mol. The van der Waals surface area contributed by atoms with E-state index in [0.29, 0.717) is 18.5 Å². The first-order valence-corrected chi connectivity index (χ1v) is 11.3. The number of nitrogens with zero attached hydrogens (tertiary/aromatic N) is 1. The van der Waals surface area contributed by atoms with E-state index in [1.165, 1.54) is 18.2 Å². The molecule has 1 N–H and O–H groups in total. The van der Waals surface area contributed by atoms with E-state index in [-0.39, 0.29) is 35.9 Å². The van der Waals surface area contributed by atoms with Crippen LogP contribution in [0.2, 0.25) is 0 Å². The lowest BCUT2D eigenvalue weighted by Gasteiger charge is -2.19. The molecule has 0 spiro atoms. The maximum Gasteiger partial charge on any atom is 0.387 e. The van der Waals surface area contributed by atoms with Crippen molar-refractivity contribution < 1.29 is 26.7 Å². The van der Waals surface area contributed by atoms with Crippen molar-refractivity contribution in [2.45, 2.75) is 32.4 Å². The highest BCUT2D eigenvalue weighted by atomic mass is 32.2. The fourth-order valence-electron chi connectivity index (χ4n) is 3.35. The molecule has 2 aromatic carbocycles. The number of alkyl halides is 2. The Balaban J connectivity index is 1.56. The summed E-state index contributed by atoms with van der Waals surface area (Å²) in [5, 5.41) is 0. The van der Waals surface area contributed by atoms with Crippen molar-refractivity contribution in [3.05, 3.63) is 70.1 Å². The fraction of sp³-hybridized carbons (Fsp3) is 0.318. The molecule has 1 aliphatic carbocycles. The number of carbonyl (C=O) groups excluding carboxylic acids is 1. The topological polar surface area (TPSA) is 75.7 Å². The summed E-state index contributed by atoms with van der Waals surface area (Å²) in [5.41, 5.74) is 2.38. The number of rotatable bonds is 9. The molecule has 0 fully saturated rings. The van der Waals surface area contributed by atoms with E-state index >= 15 is 0 Å². The molecule has 0 bridgehead atoms. The van der Waals surface area contributed by atoms with Gasteiger partial charge < -0.3 is 9.64 Å². The maximum absolute atomic E-state index is 12.6. The third-order valence-electron chi connectivity index (χ3n) is 4.96. The number of nitrogens with one attached hydrogen (secondary N) is 1. The minimum Gasteiger partial charge on any atom is -0.435 e. The minimum atomic E-state index is -3.75. The van der Waals surface area contributed by atoms with Crippen LogP contribution in [0.15, 0.2) is 53.4 Å². The second-order valence-electron chi connectivity index (χ2n) is 7.23. The molecule has 0 saturated heterocycles. The number of benzene rings is 2.